The summed E-state index contributed by atoms with van der Waals surface area (Å²) in [7, 11) is -4.01. The lowest BCUT2D eigenvalue weighted by atomic mass is 10.1. The molecular weight excluding hydrogens is 457 g/mol. The van der Waals surface area contributed by atoms with Gasteiger partial charge >= 0.3 is 0 Å². The molecule has 9 heteroatoms. The van der Waals surface area contributed by atoms with Crippen LogP contribution in [0, 0.1) is 12.7 Å². The number of nitrogens with one attached hydrogen (secondary N) is 2. The molecule has 180 valence electrons. The van der Waals surface area contributed by atoms with E-state index in [0.29, 0.717) is 17.7 Å². The van der Waals surface area contributed by atoms with Gasteiger partial charge in [0.2, 0.25) is 0 Å². The zero-order valence-corrected chi connectivity index (χ0v) is 19.8. The molecule has 2 aromatic carbocycles. The highest BCUT2D eigenvalue weighted by Crippen LogP contribution is 2.25. The molecule has 0 spiro atoms. The van der Waals surface area contributed by atoms with Crippen LogP contribution in [0.3, 0.4) is 0 Å². The summed E-state index contributed by atoms with van der Waals surface area (Å²) in [4.78, 5) is 15.0. The number of aryl methyl sites for hydroxylation is 1. The molecule has 1 amide bonds. The SMILES string of the molecule is Cc1ccc(S(=O)(=O)Nc2cccc(C(=O)NC[C@@H](c3ccco3)N3CCCCC3)c2)cc1F. The third kappa shape index (κ3) is 5.66. The number of amides is 1. The Balaban J connectivity index is 1.45. The van der Waals surface area contributed by atoms with Gasteiger partial charge in [-0.3, -0.25) is 14.4 Å². The Morgan fingerprint density at radius 3 is 2.59 bits per heavy atom. The minimum atomic E-state index is -4.01. The number of rotatable bonds is 8. The minimum absolute atomic E-state index is 0.0719. The second kappa shape index (κ2) is 10.4. The Kier molecular flexibility index (Phi) is 7.33. The molecule has 0 unspecified atom stereocenters. The summed E-state index contributed by atoms with van der Waals surface area (Å²) in [6, 6.07) is 13.6. The first-order chi connectivity index (χ1) is 16.3. The van der Waals surface area contributed by atoms with Gasteiger partial charge in [0.15, 0.2) is 0 Å². The van der Waals surface area contributed by atoms with Gasteiger partial charge in [0.25, 0.3) is 15.9 Å². The number of furan rings is 1. The van der Waals surface area contributed by atoms with Gasteiger partial charge < -0.3 is 9.73 Å². The molecule has 1 aromatic heterocycles. The van der Waals surface area contributed by atoms with Crippen LogP contribution in [0.5, 0.6) is 0 Å². The Morgan fingerprint density at radius 2 is 1.88 bits per heavy atom. The number of sulfonamides is 1. The van der Waals surface area contributed by atoms with Gasteiger partial charge in [-0.15, -0.1) is 0 Å². The maximum atomic E-state index is 13.8. The van der Waals surface area contributed by atoms with E-state index in [0.717, 1.165) is 37.8 Å². The van der Waals surface area contributed by atoms with E-state index in [4.69, 9.17) is 4.42 Å². The zero-order chi connectivity index (χ0) is 24.1. The number of carbonyl (C=O) groups excluding carboxylic acids is 1. The van der Waals surface area contributed by atoms with Crippen molar-refractivity contribution in [1.29, 1.82) is 0 Å². The van der Waals surface area contributed by atoms with Crippen molar-refractivity contribution in [3.05, 3.63) is 83.6 Å². The second-order valence-corrected chi connectivity index (χ2v) is 10.1. The third-order valence-corrected chi connectivity index (χ3v) is 7.37. The van der Waals surface area contributed by atoms with Crippen LogP contribution in [-0.4, -0.2) is 38.9 Å². The Hall–Kier alpha value is -3.17. The van der Waals surface area contributed by atoms with Gasteiger partial charge in [0.1, 0.15) is 11.6 Å². The molecule has 2 N–H and O–H groups in total. The van der Waals surface area contributed by atoms with Gasteiger partial charge in [-0.1, -0.05) is 18.6 Å². The third-order valence-electron chi connectivity index (χ3n) is 5.99. The number of benzene rings is 2. The summed E-state index contributed by atoms with van der Waals surface area (Å²) in [5.41, 5.74) is 0.884. The number of likely N-dealkylation sites (tertiary alicyclic amines) is 1. The molecule has 34 heavy (non-hydrogen) atoms. The summed E-state index contributed by atoms with van der Waals surface area (Å²) >= 11 is 0. The maximum Gasteiger partial charge on any atom is 0.261 e. The molecule has 1 aliphatic heterocycles. The molecule has 0 radical (unpaired) electrons. The second-order valence-electron chi connectivity index (χ2n) is 8.44. The van der Waals surface area contributed by atoms with E-state index in [1.807, 2.05) is 12.1 Å². The van der Waals surface area contributed by atoms with Gasteiger partial charge in [-0.05, 0) is 80.9 Å². The molecule has 1 aliphatic rings. The number of halogens is 1. The summed E-state index contributed by atoms with van der Waals surface area (Å²) in [6.07, 6.45) is 5.05. The lowest BCUT2D eigenvalue weighted by Crippen LogP contribution is -2.40. The summed E-state index contributed by atoms with van der Waals surface area (Å²) in [5, 5.41) is 2.95. The van der Waals surface area contributed by atoms with E-state index in [9.17, 15) is 17.6 Å². The van der Waals surface area contributed by atoms with E-state index in [1.165, 1.54) is 30.7 Å². The van der Waals surface area contributed by atoms with Gasteiger partial charge in [-0.2, -0.15) is 0 Å². The first-order valence-electron chi connectivity index (χ1n) is 11.3. The maximum absolute atomic E-state index is 13.8. The fourth-order valence-electron chi connectivity index (χ4n) is 4.09. The molecule has 2 heterocycles. The van der Waals surface area contributed by atoms with E-state index in [-0.39, 0.29) is 22.5 Å². The number of piperidine rings is 1. The molecule has 1 atom stereocenters. The van der Waals surface area contributed by atoms with Crippen molar-refractivity contribution in [1.82, 2.24) is 10.2 Å². The van der Waals surface area contributed by atoms with Crippen LogP contribution >= 0.6 is 0 Å². The van der Waals surface area contributed by atoms with E-state index in [1.54, 1.807) is 25.3 Å². The van der Waals surface area contributed by atoms with Crippen molar-refractivity contribution in [3.63, 3.8) is 0 Å². The number of anilines is 1. The molecule has 7 nitrogen and oxygen atoms in total. The Morgan fingerprint density at radius 1 is 1.09 bits per heavy atom. The number of nitrogens with zero attached hydrogens (tertiary/aromatic N) is 1. The van der Waals surface area contributed by atoms with Crippen LogP contribution in [0.15, 0.2) is 70.2 Å². The van der Waals surface area contributed by atoms with Gasteiger partial charge in [-0.25, -0.2) is 12.8 Å². The smallest absolute Gasteiger partial charge is 0.261 e. The monoisotopic (exact) mass is 485 g/mol. The molecule has 0 saturated carbocycles. The Bertz CT molecular complexity index is 1240. The lowest BCUT2D eigenvalue weighted by Gasteiger charge is -2.33. The van der Waals surface area contributed by atoms with Gasteiger partial charge in [0, 0.05) is 17.8 Å². The van der Waals surface area contributed by atoms with Crippen LogP contribution < -0.4 is 10.0 Å². The summed E-state index contributed by atoms with van der Waals surface area (Å²) < 4.78 is 47.2. The van der Waals surface area contributed by atoms with Crippen molar-refractivity contribution in [3.8, 4) is 0 Å². The largest absolute Gasteiger partial charge is 0.468 e. The predicted molar refractivity (Wildman–Crippen MR) is 128 cm³/mol. The van der Waals surface area contributed by atoms with E-state index in [2.05, 4.69) is 14.9 Å². The predicted octanol–water partition coefficient (Wildman–Crippen LogP) is 4.48. The summed E-state index contributed by atoms with van der Waals surface area (Å²) in [6.45, 7) is 3.81. The molecule has 1 fully saturated rings. The fraction of sp³-hybridized carbons (Fsp3) is 0.320. The lowest BCUT2D eigenvalue weighted by molar-refractivity contribution is 0.0914. The van der Waals surface area contributed by atoms with Crippen molar-refractivity contribution < 1.29 is 22.0 Å². The highest BCUT2D eigenvalue weighted by Gasteiger charge is 2.25. The topological polar surface area (TPSA) is 91.6 Å². The van der Waals surface area contributed by atoms with Crippen molar-refractivity contribution in [2.75, 3.05) is 24.4 Å². The van der Waals surface area contributed by atoms with Crippen LogP contribution in [0.25, 0.3) is 0 Å². The van der Waals surface area contributed by atoms with Crippen LogP contribution in [0.4, 0.5) is 10.1 Å². The normalized spacial score (nSPS) is 15.6. The average molecular weight is 486 g/mol. The standard InChI is InChI=1S/C25H28FN3O4S/c1-18-10-11-21(16-22(18)26)34(31,32)28-20-8-5-7-19(15-20)25(30)27-17-23(24-9-6-14-33-24)29-12-3-2-4-13-29/h5-11,14-16,23,28H,2-4,12-13,17H2,1H3,(H,27,30)/t23-/m0/s1. The van der Waals surface area contributed by atoms with E-state index >= 15 is 0 Å². The fourth-order valence-corrected chi connectivity index (χ4v) is 5.15. The van der Waals surface area contributed by atoms with Crippen molar-refractivity contribution in [2.45, 2.75) is 37.1 Å². The average Bonchev–Trinajstić information content (AvgIpc) is 3.36. The van der Waals surface area contributed by atoms with Crippen molar-refractivity contribution in [2.24, 2.45) is 0 Å². The summed E-state index contributed by atoms with van der Waals surface area (Å²) in [5.74, 6) is -0.124. The minimum Gasteiger partial charge on any atom is -0.468 e. The molecular formula is C25H28FN3O4S. The number of hydrogen-bond donors (Lipinski definition) is 2. The quantitative estimate of drug-likeness (QED) is 0.491. The van der Waals surface area contributed by atoms with Crippen molar-refractivity contribution >= 4 is 21.6 Å². The Labute approximate surface area is 199 Å². The molecule has 3 aromatic rings. The van der Waals surface area contributed by atoms with Crippen LogP contribution in [0.1, 0.15) is 47.0 Å². The zero-order valence-electron chi connectivity index (χ0n) is 19.0. The highest BCUT2D eigenvalue weighted by molar-refractivity contribution is 7.92. The first-order valence-corrected chi connectivity index (χ1v) is 12.8. The molecule has 0 aliphatic carbocycles. The van der Waals surface area contributed by atoms with Gasteiger partial charge in [0.05, 0.1) is 17.2 Å². The molecule has 4 rings (SSSR count). The van der Waals surface area contributed by atoms with Crippen LogP contribution in [0.2, 0.25) is 0 Å². The molecule has 0 bridgehead atoms. The van der Waals surface area contributed by atoms with Crippen LogP contribution in [-0.2, 0) is 10.0 Å². The number of hydrogen-bond acceptors (Lipinski definition) is 5. The first kappa shape index (κ1) is 24.0. The molecule has 1 saturated heterocycles. The highest BCUT2D eigenvalue weighted by atomic mass is 32.2. The number of carbonyl (C=O) groups is 1. The van der Waals surface area contributed by atoms with E-state index < -0.39 is 15.8 Å².